The number of carboxylic acid groups (broad SMARTS) is 1. The number of alkyl halides is 3. The van der Waals surface area contributed by atoms with Gasteiger partial charge in [-0.05, 0) is 6.42 Å². The fourth-order valence-corrected chi connectivity index (χ4v) is 0.504. The van der Waals surface area contributed by atoms with Crippen LogP contribution >= 0.6 is 0 Å². The summed E-state index contributed by atoms with van der Waals surface area (Å²) in [5, 5.41) is 8.21. The topological polar surface area (TPSA) is 37.3 Å². The van der Waals surface area contributed by atoms with Crippen LogP contribution in [0.15, 0.2) is 0 Å². The Morgan fingerprint density at radius 2 is 2.00 bits per heavy atom. The molecule has 0 fully saturated rings. The van der Waals surface area contributed by atoms with Crippen LogP contribution in [0.1, 0.15) is 19.8 Å². The largest absolute Gasteiger partial charge is 0.481 e. The summed E-state index contributed by atoms with van der Waals surface area (Å²) < 4.78 is 34.5. The van der Waals surface area contributed by atoms with Gasteiger partial charge in [-0.25, -0.2) is 0 Å². The molecule has 0 aliphatic heterocycles. The summed E-state index contributed by atoms with van der Waals surface area (Å²) in [5.74, 6) is -2.11. The number of hydrogen-bond acceptors (Lipinski definition) is 1. The van der Waals surface area contributed by atoms with Gasteiger partial charge in [0.05, 0.1) is 5.92 Å². The highest BCUT2D eigenvalue weighted by molar-refractivity contribution is 5.69. The molecule has 0 aromatic heterocycles. The zero-order valence-corrected chi connectivity index (χ0v) is 5.98. The van der Waals surface area contributed by atoms with E-state index in [2.05, 4.69) is 0 Å². The fraction of sp³-hybridized carbons (Fsp3) is 0.833. The van der Waals surface area contributed by atoms with E-state index in [1.807, 2.05) is 0 Å². The van der Waals surface area contributed by atoms with E-state index in [4.69, 9.17) is 5.11 Å². The molecular formula is C6H9F3O2. The van der Waals surface area contributed by atoms with Crippen LogP contribution in [0.25, 0.3) is 0 Å². The molecular weight excluding hydrogens is 161 g/mol. The molecule has 11 heavy (non-hydrogen) atoms. The van der Waals surface area contributed by atoms with E-state index in [9.17, 15) is 18.0 Å². The second-order valence-corrected chi connectivity index (χ2v) is 2.39. The van der Waals surface area contributed by atoms with Crippen LogP contribution in [0.3, 0.4) is 0 Å². The van der Waals surface area contributed by atoms with Gasteiger partial charge >= 0.3 is 12.1 Å². The lowest BCUT2D eigenvalue weighted by molar-refractivity contribution is -0.148. The molecule has 0 amide bonds. The molecule has 0 bridgehead atoms. The maximum Gasteiger partial charge on any atom is 0.389 e. The number of hydrogen-bond donors (Lipinski definition) is 1. The maximum atomic E-state index is 11.5. The van der Waals surface area contributed by atoms with Crippen LogP contribution in [0.5, 0.6) is 0 Å². The summed E-state index contributed by atoms with van der Waals surface area (Å²) in [4.78, 5) is 10.0. The molecule has 0 spiro atoms. The Kier molecular flexibility index (Phi) is 3.35. The molecule has 1 atom stereocenters. The lowest BCUT2D eigenvalue weighted by Gasteiger charge is -2.07. The van der Waals surface area contributed by atoms with Crippen LogP contribution in [-0.2, 0) is 4.79 Å². The molecule has 1 N–H and O–H groups in total. The van der Waals surface area contributed by atoms with Gasteiger partial charge in [0.1, 0.15) is 0 Å². The molecule has 0 heterocycles. The van der Waals surface area contributed by atoms with Crippen molar-refractivity contribution in [3.63, 3.8) is 0 Å². The highest BCUT2D eigenvalue weighted by Crippen LogP contribution is 2.23. The molecule has 66 valence electrons. The summed E-state index contributed by atoms with van der Waals surface area (Å²) in [6.07, 6.45) is -5.62. The Labute approximate surface area is 62.0 Å². The van der Waals surface area contributed by atoms with E-state index in [0.29, 0.717) is 0 Å². The Morgan fingerprint density at radius 1 is 1.55 bits per heavy atom. The molecule has 0 rings (SSSR count). The van der Waals surface area contributed by atoms with Gasteiger partial charge < -0.3 is 5.11 Å². The molecule has 0 aromatic rings. The van der Waals surface area contributed by atoms with E-state index in [-0.39, 0.29) is 6.42 Å². The Balaban J connectivity index is 3.63. The standard InChI is InChI=1S/C6H9F3O2/c1-4(5(10)11)2-3-6(7,8)9/h4H,2-3H2,1H3,(H,10,11)/t4-/m0/s1. The van der Waals surface area contributed by atoms with Crippen molar-refractivity contribution in [3.8, 4) is 0 Å². The third-order valence-corrected chi connectivity index (χ3v) is 1.28. The van der Waals surface area contributed by atoms with Crippen molar-refractivity contribution in [1.29, 1.82) is 0 Å². The van der Waals surface area contributed by atoms with Gasteiger partial charge in [-0.1, -0.05) is 6.92 Å². The van der Waals surface area contributed by atoms with Crippen molar-refractivity contribution in [3.05, 3.63) is 0 Å². The van der Waals surface area contributed by atoms with Gasteiger partial charge in [0.2, 0.25) is 0 Å². The number of carboxylic acids is 1. The average molecular weight is 170 g/mol. The molecule has 2 nitrogen and oxygen atoms in total. The van der Waals surface area contributed by atoms with E-state index in [1.165, 1.54) is 6.92 Å². The normalized spacial score (nSPS) is 14.5. The SMILES string of the molecule is C[C@@H](CCC(F)(F)F)C(=O)O. The molecule has 0 aliphatic carbocycles. The monoisotopic (exact) mass is 170 g/mol. The van der Waals surface area contributed by atoms with Gasteiger partial charge in [0, 0.05) is 6.42 Å². The summed E-state index contributed by atoms with van der Waals surface area (Å²) in [5.41, 5.74) is 0. The van der Waals surface area contributed by atoms with Gasteiger partial charge in [-0.3, -0.25) is 4.79 Å². The van der Waals surface area contributed by atoms with Crippen LogP contribution in [0.4, 0.5) is 13.2 Å². The minimum atomic E-state index is -4.25. The molecule has 0 aromatic carbocycles. The zero-order valence-electron chi connectivity index (χ0n) is 5.98. The van der Waals surface area contributed by atoms with Crippen LogP contribution in [0.2, 0.25) is 0 Å². The average Bonchev–Trinajstić information content (AvgIpc) is 1.80. The minimum Gasteiger partial charge on any atom is -0.481 e. The Bertz CT molecular complexity index is 141. The number of rotatable bonds is 3. The van der Waals surface area contributed by atoms with Crippen molar-refractivity contribution >= 4 is 5.97 Å². The van der Waals surface area contributed by atoms with Crippen LogP contribution in [-0.4, -0.2) is 17.3 Å². The first-order chi connectivity index (χ1) is 4.83. The summed E-state index contributed by atoms with van der Waals surface area (Å²) in [6, 6.07) is 0. The highest BCUT2D eigenvalue weighted by atomic mass is 19.4. The minimum absolute atomic E-state index is 0.348. The van der Waals surface area contributed by atoms with Crippen molar-refractivity contribution in [2.24, 2.45) is 5.92 Å². The first-order valence-electron chi connectivity index (χ1n) is 3.12. The van der Waals surface area contributed by atoms with Gasteiger partial charge in [-0.2, -0.15) is 13.2 Å². The quantitative estimate of drug-likeness (QED) is 0.703. The van der Waals surface area contributed by atoms with Crippen molar-refractivity contribution < 1.29 is 23.1 Å². The molecule has 0 unspecified atom stereocenters. The molecule has 5 heteroatoms. The maximum absolute atomic E-state index is 11.5. The summed E-state index contributed by atoms with van der Waals surface area (Å²) in [6.45, 7) is 1.26. The van der Waals surface area contributed by atoms with Crippen LogP contribution < -0.4 is 0 Å². The first-order valence-corrected chi connectivity index (χ1v) is 3.12. The first kappa shape index (κ1) is 10.3. The second-order valence-electron chi connectivity index (χ2n) is 2.39. The van der Waals surface area contributed by atoms with Crippen molar-refractivity contribution in [2.45, 2.75) is 25.9 Å². The summed E-state index contributed by atoms with van der Waals surface area (Å²) in [7, 11) is 0. The third kappa shape index (κ3) is 5.69. The molecule has 0 saturated heterocycles. The number of aliphatic carboxylic acids is 1. The summed E-state index contributed by atoms with van der Waals surface area (Å²) >= 11 is 0. The molecule has 0 saturated carbocycles. The van der Waals surface area contributed by atoms with E-state index < -0.39 is 24.5 Å². The predicted octanol–water partition coefficient (Wildman–Crippen LogP) is 2.05. The Morgan fingerprint density at radius 3 is 2.27 bits per heavy atom. The smallest absolute Gasteiger partial charge is 0.389 e. The van der Waals surface area contributed by atoms with Gasteiger partial charge in [0.15, 0.2) is 0 Å². The van der Waals surface area contributed by atoms with Gasteiger partial charge in [-0.15, -0.1) is 0 Å². The lowest BCUT2D eigenvalue weighted by atomic mass is 10.1. The van der Waals surface area contributed by atoms with E-state index >= 15 is 0 Å². The number of halogens is 3. The van der Waals surface area contributed by atoms with Crippen molar-refractivity contribution in [2.75, 3.05) is 0 Å². The van der Waals surface area contributed by atoms with Crippen LogP contribution in [0, 0.1) is 5.92 Å². The van der Waals surface area contributed by atoms with Crippen molar-refractivity contribution in [1.82, 2.24) is 0 Å². The van der Waals surface area contributed by atoms with E-state index in [1.54, 1.807) is 0 Å². The van der Waals surface area contributed by atoms with Gasteiger partial charge in [0.25, 0.3) is 0 Å². The van der Waals surface area contributed by atoms with E-state index in [0.717, 1.165) is 0 Å². The Hall–Kier alpha value is -0.740. The predicted molar refractivity (Wildman–Crippen MR) is 32.1 cm³/mol. The lowest BCUT2D eigenvalue weighted by Crippen LogP contribution is -2.14. The number of carbonyl (C=O) groups is 1. The molecule has 0 radical (unpaired) electrons. The second kappa shape index (κ2) is 3.59. The molecule has 0 aliphatic rings. The zero-order chi connectivity index (χ0) is 9.07. The third-order valence-electron chi connectivity index (χ3n) is 1.28. The highest BCUT2D eigenvalue weighted by Gasteiger charge is 2.28. The fourth-order valence-electron chi connectivity index (χ4n) is 0.504.